The van der Waals surface area contributed by atoms with E-state index in [0.717, 1.165) is 25.7 Å². The van der Waals surface area contributed by atoms with Gasteiger partial charge in [-0.15, -0.1) is 0 Å². The molecule has 0 spiro atoms. The van der Waals surface area contributed by atoms with E-state index in [4.69, 9.17) is 32.4 Å². The second kappa shape index (κ2) is 15.5. The van der Waals surface area contributed by atoms with E-state index in [1.807, 2.05) is 0 Å². The van der Waals surface area contributed by atoms with Crippen LogP contribution in [-0.2, 0) is 9.59 Å². The number of methoxy groups -OCH3 is 1. The predicted octanol–water partition coefficient (Wildman–Crippen LogP) is 2.36. The summed E-state index contributed by atoms with van der Waals surface area (Å²) in [5.74, 6) is 0.121. The van der Waals surface area contributed by atoms with Gasteiger partial charge in [0.05, 0.1) is 18.8 Å². The van der Waals surface area contributed by atoms with Crippen molar-refractivity contribution >= 4 is 29.4 Å². The van der Waals surface area contributed by atoms with Crippen molar-refractivity contribution in [2.24, 2.45) is 33.8 Å². The summed E-state index contributed by atoms with van der Waals surface area (Å²) >= 11 is 0. The number of rotatable bonds is 14. The lowest BCUT2D eigenvalue weighted by molar-refractivity contribution is -0.127. The Morgan fingerprint density at radius 3 is 2.29 bits per heavy atom. The van der Waals surface area contributed by atoms with Crippen molar-refractivity contribution in [1.29, 1.82) is 0 Å². The van der Waals surface area contributed by atoms with Crippen molar-refractivity contribution in [1.82, 2.24) is 5.32 Å². The summed E-state index contributed by atoms with van der Waals surface area (Å²) in [4.78, 5) is 42.3. The summed E-state index contributed by atoms with van der Waals surface area (Å²) in [6.07, 6.45) is 6.67. The van der Waals surface area contributed by atoms with E-state index in [1.54, 1.807) is 37.4 Å². The minimum atomic E-state index is -0.824. The fraction of sp³-hybridized carbons (Fsp3) is 0.448. The number of hydrogen-bond donors (Lipinski definition) is 6. The molecule has 222 valence electrons. The maximum absolute atomic E-state index is 13.6. The highest BCUT2D eigenvalue weighted by molar-refractivity contribution is 6.00. The quantitative estimate of drug-likeness (QED) is 0.113. The van der Waals surface area contributed by atoms with Crippen molar-refractivity contribution in [3.63, 3.8) is 0 Å². The number of anilines is 1. The molecular weight excluding hydrogens is 526 g/mol. The summed E-state index contributed by atoms with van der Waals surface area (Å²) in [7, 11) is 1.56. The lowest BCUT2D eigenvalue weighted by Gasteiger charge is -2.27. The molecule has 1 fully saturated rings. The summed E-state index contributed by atoms with van der Waals surface area (Å²) in [5.41, 5.74) is 22.8. The molecule has 0 aromatic heterocycles. The highest BCUT2D eigenvalue weighted by Crippen LogP contribution is 2.33. The fourth-order valence-corrected chi connectivity index (χ4v) is 4.77. The van der Waals surface area contributed by atoms with E-state index in [1.165, 1.54) is 18.6 Å². The van der Waals surface area contributed by atoms with Crippen LogP contribution in [0.5, 0.6) is 17.2 Å². The van der Waals surface area contributed by atoms with Crippen molar-refractivity contribution in [3.8, 4) is 17.2 Å². The maximum atomic E-state index is 13.6. The molecule has 0 aliphatic heterocycles. The van der Waals surface area contributed by atoms with Crippen LogP contribution in [0.25, 0.3) is 0 Å². The summed E-state index contributed by atoms with van der Waals surface area (Å²) in [6.45, 7) is 0.355. The van der Waals surface area contributed by atoms with Crippen LogP contribution in [-0.4, -0.2) is 49.4 Å². The molecule has 0 saturated heterocycles. The number of aliphatic imine (C=N–C) groups is 1. The fourth-order valence-electron chi connectivity index (χ4n) is 4.77. The Kier molecular flexibility index (Phi) is 11.8. The van der Waals surface area contributed by atoms with E-state index in [0.29, 0.717) is 48.9 Å². The average molecular weight is 568 g/mol. The van der Waals surface area contributed by atoms with Crippen LogP contribution < -0.4 is 43.0 Å². The summed E-state index contributed by atoms with van der Waals surface area (Å²) < 4.78 is 11.2. The van der Waals surface area contributed by atoms with Crippen LogP contribution in [0.2, 0.25) is 0 Å². The predicted molar refractivity (Wildman–Crippen MR) is 158 cm³/mol. The van der Waals surface area contributed by atoms with E-state index in [2.05, 4.69) is 15.6 Å². The topological polar surface area (TPSA) is 210 Å². The van der Waals surface area contributed by atoms with Crippen LogP contribution in [0.4, 0.5) is 5.69 Å². The van der Waals surface area contributed by atoms with Gasteiger partial charge in [-0.2, -0.15) is 0 Å². The largest absolute Gasteiger partial charge is 0.497 e. The minimum Gasteiger partial charge on any atom is -0.497 e. The number of amides is 3. The molecule has 0 heterocycles. The number of benzene rings is 2. The molecule has 10 N–H and O–H groups in total. The molecule has 3 amide bonds. The molecule has 12 heteroatoms. The first-order valence-corrected chi connectivity index (χ1v) is 13.8. The van der Waals surface area contributed by atoms with Gasteiger partial charge in [0.1, 0.15) is 17.5 Å². The smallest absolute Gasteiger partial charge is 0.248 e. The van der Waals surface area contributed by atoms with E-state index >= 15 is 0 Å². The van der Waals surface area contributed by atoms with Crippen LogP contribution in [0.1, 0.15) is 61.7 Å². The van der Waals surface area contributed by atoms with Gasteiger partial charge in [0, 0.05) is 12.1 Å². The standard InChI is InChI=1S/C29H41N7O5/c1-40-20-10-12-21(13-11-20)41-25-17-19(26(31)37)9-14-23(25)35-28(39)24(16-18-6-3-2-4-7-18)36-27(38)22(30)8-5-15-34-29(32)33/h9-14,17-18,22,24H,2-8,15-16,30H2,1H3,(H2,31,37)(H,35,39)(H,36,38)(H4,32,33,34)/t22-,24-/m0/s1. The van der Waals surface area contributed by atoms with Gasteiger partial charge in [0.2, 0.25) is 17.7 Å². The molecule has 2 atom stereocenters. The molecule has 1 aliphatic rings. The van der Waals surface area contributed by atoms with E-state index < -0.39 is 29.8 Å². The Labute approximate surface area is 240 Å². The van der Waals surface area contributed by atoms with Crippen molar-refractivity contribution in [2.75, 3.05) is 19.0 Å². The molecule has 12 nitrogen and oxygen atoms in total. The van der Waals surface area contributed by atoms with Gasteiger partial charge in [-0.1, -0.05) is 32.1 Å². The molecule has 3 rings (SSSR count). The highest BCUT2D eigenvalue weighted by Gasteiger charge is 2.28. The summed E-state index contributed by atoms with van der Waals surface area (Å²) in [6, 6.07) is 9.71. The van der Waals surface area contributed by atoms with Gasteiger partial charge in [-0.25, -0.2) is 0 Å². The molecule has 2 aromatic rings. The maximum Gasteiger partial charge on any atom is 0.248 e. The van der Waals surface area contributed by atoms with Gasteiger partial charge in [0.15, 0.2) is 11.7 Å². The number of ether oxygens (including phenoxy) is 2. The normalized spacial score (nSPS) is 14.8. The first-order valence-electron chi connectivity index (χ1n) is 13.8. The van der Waals surface area contributed by atoms with Gasteiger partial charge < -0.3 is 43.0 Å². The second-order valence-corrected chi connectivity index (χ2v) is 10.2. The number of guanidine groups is 1. The molecule has 1 aliphatic carbocycles. The summed E-state index contributed by atoms with van der Waals surface area (Å²) in [5, 5.41) is 5.73. The van der Waals surface area contributed by atoms with E-state index in [-0.39, 0.29) is 17.3 Å². The monoisotopic (exact) mass is 567 g/mol. The number of nitrogens with zero attached hydrogens (tertiary/aromatic N) is 1. The number of hydrogen-bond acceptors (Lipinski definition) is 7. The average Bonchev–Trinajstić information content (AvgIpc) is 2.96. The Hall–Kier alpha value is -4.32. The second-order valence-electron chi connectivity index (χ2n) is 10.2. The molecule has 1 saturated carbocycles. The van der Waals surface area contributed by atoms with Gasteiger partial charge >= 0.3 is 0 Å². The van der Waals surface area contributed by atoms with Gasteiger partial charge in [-0.05, 0) is 67.6 Å². The SMILES string of the molecule is COc1ccc(Oc2cc(C(N)=O)ccc2NC(=O)[C@H](CC2CCCCC2)NC(=O)[C@@H](N)CCCN=C(N)N)cc1. The lowest BCUT2D eigenvalue weighted by Crippen LogP contribution is -2.50. The van der Waals surface area contributed by atoms with Crippen molar-refractivity contribution in [3.05, 3.63) is 48.0 Å². The first kappa shape index (κ1) is 31.2. The third-order valence-electron chi connectivity index (χ3n) is 7.04. The van der Waals surface area contributed by atoms with Crippen LogP contribution >= 0.6 is 0 Å². The highest BCUT2D eigenvalue weighted by atomic mass is 16.5. The van der Waals surface area contributed by atoms with Gasteiger partial charge in [0.25, 0.3) is 0 Å². The lowest BCUT2D eigenvalue weighted by atomic mass is 9.84. The Morgan fingerprint density at radius 2 is 1.66 bits per heavy atom. The van der Waals surface area contributed by atoms with Crippen LogP contribution in [0.3, 0.4) is 0 Å². The number of nitrogens with one attached hydrogen (secondary N) is 2. The zero-order chi connectivity index (χ0) is 29.8. The number of carbonyl (C=O) groups is 3. The zero-order valence-electron chi connectivity index (χ0n) is 23.4. The van der Waals surface area contributed by atoms with Crippen LogP contribution in [0, 0.1) is 5.92 Å². The molecular formula is C29H41N7O5. The molecule has 2 aromatic carbocycles. The molecule has 0 bridgehead atoms. The number of carbonyl (C=O) groups excluding carboxylic acids is 3. The molecule has 0 unspecified atom stereocenters. The third-order valence-corrected chi connectivity index (χ3v) is 7.04. The van der Waals surface area contributed by atoms with Gasteiger partial charge in [-0.3, -0.25) is 19.4 Å². The first-order chi connectivity index (χ1) is 19.7. The molecule has 41 heavy (non-hydrogen) atoms. The van der Waals surface area contributed by atoms with Crippen molar-refractivity contribution < 1.29 is 23.9 Å². The van der Waals surface area contributed by atoms with Crippen LogP contribution in [0.15, 0.2) is 47.5 Å². The number of nitrogens with two attached hydrogens (primary N) is 4. The Morgan fingerprint density at radius 1 is 0.976 bits per heavy atom. The number of primary amides is 1. The van der Waals surface area contributed by atoms with Crippen molar-refractivity contribution in [2.45, 2.75) is 63.5 Å². The Bertz CT molecular complexity index is 1210. The zero-order valence-corrected chi connectivity index (χ0v) is 23.4. The van der Waals surface area contributed by atoms with E-state index in [9.17, 15) is 14.4 Å². The minimum absolute atomic E-state index is 0.0218. The Balaban J connectivity index is 1.78. The molecule has 0 radical (unpaired) electrons. The third kappa shape index (κ3) is 9.98.